The SMILES string of the molecule is c1ccc(-c2ccc(N(c3ccc4c5ccccc5c5ccccc5c5ccccc5c5cc6c(cc5c4c3)sc3ccccc36)c3ccccc3-c3ccccc3)cc2)cc1. The molecule has 12 rings (SSSR count). The Labute approximate surface area is 364 Å². The molecular formula is C60H39NS. The minimum atomic E-state index is 1.09. The zero-order valence-corrected chi connectivity index (χ0v) is 34.7. The van der Waals surface area contributed by atoms with Gasteiger partial charge < -0.3 is 4.90 Å². The maximum absolute atomic E-state index is 2.47. The molecule has 0 radical (unpaired) electrons. The molecule has 0 spiro atoms. The van der Waals surface area contributed by atoms with Crippen LogP contribution in [0.2, 0.25) is 0 Å². The van der Waals surface area contributed by atoms with E-state index in [2.05, 4.69) is 241 Å². The van der Waals surface area contributed by atoms with Crippen LogP contribution in [0.3, 0.4) is 0 Å². The van der Waals surface area contributed by atoms with E-state index in [4.69, 9.17) is 0 Å². The second-order valence-corrected chi connectivity index (χ2v) is 17.1. The van der Waals surface area contributed by atoms with Crippen LogP contribution in [0.5, 0.6) is 0 Å². The molecule has 0 aliphatic heterocycles. The Kier molecular flexibility index (Phi) is 8.76. The first-order valence-electron chi connectivity index (χ1n) is 21.3. The number of rotatable bonds is 5. The molecular weight excluding hydrogens is 767 g/mol. The molecule has 0 saturated carbocycles. The monoisotopic (exact) mass is 805 g/mol. The van der Waals surface area contributed by atoms with Crippen LogP contribution in [0.1, 0.15) is 0 Å². The van der Waals surface area contributed by atoms with Gasteiger partial charge in [-0.3, -0.25) is 0 Å². The van der Waals surface area contributed by atoms with Crippen LogP contribution < -0.4 is 4.90 Å². The largest absolute Gasteiger partial charge is 0.310 e. The van der Waals surface area contributed by atoms with E-state index in [0.29, 0.717) is 0 Å². The summed E-state index contributed by atoms with van der Waals surface area (Å²) in [7, 11) is 0. The van der Waals surface area contributed by atoms with Crippen molar-refractivity contribution in [1.82, 2.24) is 0 Å². The standard InChI is InChI=1S/C60H39NS/c1-3-17-40(18-4-1)41-31-33-43(34-32-41)61(58-29-15-13-21-45(58)42-19-5-2-6-20-42)44-35-36-52-50-26-10-9-24-48(50)46-22-7-8-23-47(46)49-25-11-12-27-51(49)55-38-57-53-28-14-16-30-59(53)62-60(57)39-56(55)54(52)37-44/h1-39H. The minimum absolute atomic E-state index is 1.09. The Morgan fingerprint density at radius 2 is 0.677 bits per heavy atom. The molecule has 62 heavy (non-hydrogen) atoms. The molecule has 12 aromatic rings. The zero-order chi connectivity index (χ0) is 41.0. The van der Waals surface area contributed by atoms with Crippen LogP contribution in [0.25, 0.3) is 96.3 Å². The predicted octanol–water partition coefficient (Wildman–Crippen LogP) is 17.7. The van der Waals surface area contributed by atoms with E-state index < -0.39 is 0 Å². The van der Waals surface area contributed by atoms with Crippen LogP contribution in [-0.2, 0) is 0 Å². The minimum Gasteiger partial charge on any atom is -0.310 e. The fourth-order valence-electron chi connectivity index (χ4n) is 9.60. The lowest BCUT2D eigenvalue weighted by molar-refractivity contribution is 1.29. The summed E-state index contributed by atoms with van der Waals surface area (Å²) < 4.78 is 2.59. The zero-order valence-electron chi connectivity index (χ0n) is 33.9. The Morgan fingerprint density at radius 3 is 1.31 bits per heavy atom. The molecule has 2 heteroatoms. The highest BCUT2D eigenvalue weighted by Crippen LogP contribution is 2.45. The van der Waals surface area contributed by atoms with E-state index in [-0.39, 0.29) is 0 Å². The van der Waals surface area contributed by atoms with Crippen molar-refractivity contribution >= 4 is 102 Å². The molecule has 0 amide bonds. The summed E-state index contributed by atoms with van der Waals surface area (Å²) in [5.41, 5.74) is 8.03. The quantitative estimate of drug-likeness (QED) is 0.167. The Morgan fingerprint density at radius 1 is 0.242 bits per heavy atom. The summed E-state index contributed by atoms with van der Waals surface area (Å²) in [4.78, 5) is 2.45. The van der Waals surface area contributed by atoms with Gasteiger partial charge in [-0.25, -0.2) is 0 Å². The van der Waals surface area contributed by atoms with Gasteiger partial charge in [0.1, 0.15) is 0 Å². The van der Waals surface area contributed by atoms with Gasteiger partial charge in [0, 0.05) is 37.1 Å². The molecule has 290 valence electrons. The van der Waals surface area contributed by atoms with Crippen LogP contribution in [-0.4, -0.2) is 0 Å². The molecule has 11 aromatic carbocycles. The number of fused-ring (bicyclic) bond motifs is 13. The van der Waals surface area contributed by atoms with Gasteiger partial charge in [-0.15, -0.1) is 11.3 Å². The van der Waals surface area contributed by atoms with Crippen molar-refractivity contribution in [3.63, 3.8) is 0 Å². The maximum Gasteiger partial charge on any atom is 0.0540 e. The van der Waals surface area contributed by atoms with E-state index in [1.807, 2.05) is 11.3 Å². The van der Waals surface area contributed by atoms with Crippen molar-refractivity contribution in [2.24, 2.45) is 0 Å². The van der Waals surface area contributed by atoms with Gasteiger partial charge in [-0.2, -0.15) is 0 Å². The van der Waals surface area contributed by atoms with E-state index in [1.54, 1.807) is 0 Å². The highest BCUT2D eigenvalue weighted by molar-refractivity contribution is 7.25. The highest BCUT2D eigenvalue weighted by Gasteiger charge is 2.19. The van der Waals surface area contributed by atoms with Crippen molar-refractivity contribution in [2.75, 3.05) is 4.90 Å². The molecule has 0 aliphatic carbocycles. The Balaban J connectivity index is 1.25. The number of hydrogen-bond donors (Lipinski definition) is 0. The molecule has 0 unspecified atom stereocenters. The molecule has 0 atom stereocenters. The summed E-state index contributed by atoms with van der Waals surface area (Å²) in [6, 6.07) is 87.1. The first kappa shape index (κ1) is 36.1. The average molecular weight is 806 g/mol. The topological polar surface area (TPSA) is 3.24 Å². The average Bonchev–Trinajstić information content (AvgIpc) is 3.72. The molecule has 1 heterocycles. The molecule has 0 N–H and O–H groups in total. The van der Waals surface area contributed by atoms with Crippen molar-refractivity contribution in [1.29, 1.82) is 0 Å². The normalized spacial score (nSPS) is 11.5. The second-order valence-electron chi connectivity index (χ2n) is 16.0. The predicted molar refractivity (Wildman–Crippen MR) is 270 cm³/mol. The number of para-hydroxylation sites is 1. The van der Waals surface area contributed by atoms with Crippen LogP contribution >= 0.6 is 11.3 Å². The summed E-state index contributed by atoms with van der Waals surface area (Å²) in [5, 5.41) is 14.8. The lowest BCUT2D eigenvalue weighted by atomic mass is 9.93. The van der Waals surface area contributed by atoms with Gasteiger partial charge >= 0.3 is 0 Å². The number of thiophene rings is 1. The Hall–Kier alpha value is -7.78. The second kappa shape index (κ2) is 15.0. The van der Waals surface area contributed by atoms with Crippen molar-refractivity contribution in [3.8, 4) is 22.3 Å². The van der Waals surface area contributed by atoms with Gasteiger partial charge in [-0.05, 0) is 119 Å². The Bertz CT molecular complexity index is 3740. The van der Waals surface area contributed by atoms with E-state index in [9.17, 15) is 0 Å². The van der Waals surface area contributed by atoms with E-state index in [0.717, 1.165) is 17.1 Å². The summed E-state index contributed by atoms with van der Waals surface area (Å²) in [5.74, 6) is 0. The van der Waals surface area contributed by atoms with Gasteiger partial charge in [0.15, 0.2) is 0 Å². The van der Waals surface area contributed by atoms with E-state index >= 15 is 0 Å². The van der Waals surface area contributed by atoms with Crippen LogP contribution in [0, 0.1) is 0 Å². The number of nitrogens with zero attached hydrogens (tertiary/aromatic N) is 1. The molecule has 0 saturated heterocycles. The molecule has 0 fully saturated rings. The van der Waals surface area contributed by atoms with Crippen molar-refractivity contribution in [3.05, 3.63) is 237 Å². The third-order valence-electron chi connectivity index (χ3n) is 12.5. The molecule has 0 aliphatic rings. The third kappa shape index (κ3) is 6.07. The van der Waals surface area contributed by atoms with Gasteiger partial charge in [-0.1, -0.05) is 188 Å². The third-order valence-corrected chi connectivity index (χ3v) is 13.6. The lowest BCUT2D eigenvalue weighted by Crippen LogP contribution is -2.11. The lowest BCUT2D eigenvalue weighted by Gasteiger charge is -2.28. The first-order chi connectivity index (χ1) is 30.8. The number of benzene rings is 10. The number of hydrogen-bond acceptors (Lipinski definition) is 2. The highest BCUT2D eigenvalue weighted by atomic mass is 32.1. The van der Waals surface area contributed by atoms with Gasteiger partial charge in [0.2, 0.25) is 0 Å². The summed E-state index contributed by atoms with van der Waals surface area (Å²) in [6.45, 7) is 0. The maximum atomic E-state index is 2.47. The first-order valence-corrected chi connectivity index (χ1v) is 22.1. The van der Waals surface area contributed by atoms with Gasteiger partial charge in [0.05, 0.1) is 5.69 Å². The molecule has 1 nitrogen and oxygen atoms in total. The van der Waals surface area contributed by atoms with Crippen molar-refractivity contribution < 1.29 is 0 Å². The molecule has 1 aromatic heterocycles. The summed E-state index contributed by atoms with van der Waals surface area (Å²) in [6.07, 6.45) is 0. The fraction of sp³-hybridized carbons (Fsp3) is 0. The smallest absolute Gasteiger partial charge is 0.0540 e. The van der Waals surface area contributed by atoms with E-state index in [1.165, 1.54) is 96.3 Å². The van der Waals surface area contributed by atoms with Crippen LogP contribution in [0.15, 0.2) is 237 Å². The van der Waals surface area contributed by atoms with Crippen molar-refractivity contribution in [2.45, 2.75) is 0 Å². The summed E-state index contributed by atoms with van der Waals surface area (Å²) >= 11 is 1.88. The van der Waals surface area contributed by atoms with Gasteiger partial charge in [0.25, 0.3) is 0 Å². The van der Waals surface area contributed by atoms with Crippen LogP contribution in [0.4, 0.5) is 17.1 Å². The fourth-order valence-corrected chi connectivity index (χ4v) is 10.7. The number of anilines is 3. The molecule has 0 bridgehead atoms.